The van der Waals surface area contributed by atoms with Crippen molar-refractivity contribution in [3.63, 3.8) is 0 Å². The van der Waals surface area contributed by atoms with Crippen molar-refractivity contribution < 1.29 is 31.9 Å². The molecular formula is C21H25N3O7S. The van der Waals surface area contributed by atoms with Gasteiger partial charge in [0.05, 0.1) is 49.6 Å². The number of amides is 2. The molecule has 0 unspecified atom stereocenters. The summed E-state index contributed by atoms with van der Waals surface area (Å²) >= 11 is 0. The first-order chi connectivity index (χ1) is 15.4. The van der Waals surface area contributed by atoms with Gasteiger partial charge in [-0.1, -0.05) is 0 Å². The Morgan fingerprint density at radius 1 is 1.25 bits per heavy atom. The molecule has 4 rings (SSSR count). The second-order valence-corrected chi connectivity index (χ2v) is 9.56. The number of methoxy groups -OCH3 is 1. The minimum absolute atomic E-state index is 0.0532. The summed E-state index contributed by atoms with van der Waals surface area (Å²) in [5.41, 5.74) is 0.240. The Hall–Kier alpha value is -2.89. The van der Waals surface area contributed by atoms with Gasteiger partial charge in [0.1, 0.15) is 11.5 Å². The van der Waals surface area contributed by atoms with Crippen LogP contribution in [0.4, 0.5) is 5.69 Å². The van der Waals surface area contributed by atoms with Crippen LogP contribution in [0, 0.1) is 5.92 Å². The number of rotatable bonds is 7. The fourth-order valence-corrected chi connectivity index (χ4v) is 5.24. The maximum absolute atomic E-state index is 13.0. The van der Waals surface area contributed by atoms with Gasteiger partial charge in [-0.05, 0) is 30.3 Å². The molecule has 10 nitrogen and oxygen atoms in total. The van der Waals surface area contributed by atoms with Gasteiger partial charge in [-0.15, -0.1) is 0 Å². The molecule has 1 atom stereocenters. The molecule has 3 heterocycles. The number of anilines is 1. The highest BCUT2D eigenvalue weighted by Gasteiger charge is 2.35. The van der Waals surface area contributed by atoms with Crippen LogP contribution in [0.5, 0.6) is 5.75 Å². The van der Waals surface area contributed by atoms with E-state index in [4.69, 9.17) is 13.9 Å². The molecule has 2 fully saturated rings. The number of hydrogen-bond acceptors (Lipinski definition) is 7. The third kappa shape index (κ3) is 4.64. The van der Waals surface area contributed by atoms with Crippen LogP contribution in [-0.4, -0.2) is 69.4 Å². The molecule has 2 aromatic rings. The minimum atomic E-state index is -3.74. The molecule has 1 aromatic carbocycles. The Labute approximate surface area is 186 Å². The number of nitrogens with zero attached hydrogens (tertiary/aromatic N) is 2. The van der Waals surface area contributed by atoms with Crippen molar-refractivity contribution >= 4 is 27.5 Å². The van der Waals surface area contributed by atoms with Crippen molar-refractivity contribution in [2.45, 2.75) is 17.9 Å². The number of sulfonamides is 1. The van der Waals surface area contributed by atoms with Gasteiger partial charge in [-0.3, -0.25) is 9.59 Å². The Balaban J connectivity index is 1.49. The van der Waals surface area contributed by atoms with E-state index in [0.717, 1.165) is 0 Å². The van der Waals surface area contributed by atoms with Gasteiger partial charge < -0.3 is 24.1 Å². The maximum atomic E-state index is 13.0. The zero-order valence-electron chi connectivity index (χ0n) is 17.7. The SMILES string of the molecule is COc1ccc(S(=O)(=O)N2CCOCC2)cc1NC(=O)[C@H]1CC(=O)N(Cc2ccco2)C1. The van der Waals surface area contributed by atoms with Crippen LogP contribution in [0.1, 0.15) is 12.2 Å². The van der Waals surface area contributed by atoms with Crippen LogP contribution >= 0.6 is 0 Å². The number of carbonyl (C=O) groups excluding carboxylic acids is 2. The normalized spacial score (nSPS) is 19.8. The van der Waals surface area contributed by atoms with Crippen molar-refractivity contribution in [2.75, 3.05) is 45.3 Å². The molecule has 0 spiro atoms. The van der Waals surface area contributed by atoms with Crippen molar-refractivity contribution in [3.8, 4) is 5.75 Å². The summed E-state index contributed by atoms with van der Waals surface area (Å²) in [4.78, 5) is 26.9. The predicted molar refractivity (Wildman–Crippen MR) is 113 cm³/mol. The first-order valence-corrected chi connectivity index (χ1v) is 11.7. The van der Waals surface area contributed by atoms with Crippen LogP contribution in [0.25, 0.3) is 0 Å². The Bertz CT molecular complexity index is 1080. The lowest BCUT2D eigenvalue weighted by atomic mass is 10.1. The van der Waals surface area contributed by atoms with Gasteiger partial charge in [-0.25, -0.2) is 8.42 Å². The Morgan fingerprint density at radius 3 is 2.72 bits per heavy atom. The number of ether oxygens (including phenoxy) is 2. The molecule has 2 saturated heterocycles. The van der Waals surface area contributed by atoms with E-state index in [1.807, 2.05) is 0 Å². The molecule has 0 saturated carbocycles. The largest absolute Gasteiger partial charge is 0.495 e. The van der Waals surface area contributed by atoms with Crippen LogP contribution in [0.2, 0.25) is 0 Å². The third-order valence-electron chi connectivity index (χ3n) is 5.55. The second-order valence-electron chi connectivity index (χ2n) is 7.62. The van der Waals surface area contributed by atoms with E-state index in [1.165, 1.54) is 35.9 Å². The predicted octanol–water partition coefficient (Wildman–Crippen LogP) is 1.30. The quantitative estimate of drug-likeness (QED) is 0.657. The number of carbonyl (C=O) groups is 2. The lowest BCUT2D eigenvalue weighted by molar-refractivity contribution is -0.128. The lowest BCUT2D eigenvalue weighted by Crippen LogP contribution is -2.40. The summed E-state index contributed by atoms with van der Waals surface area (Å²) in [6.07, 6.45) is 1.60. The van der Waals surface area contributed by atoms with E-state index in [2.05, 4.69) is 5.32 Å². The topological polar surface area (TPSA) is 118 Å². The van der Waals surface area contributed by atoms with Gasteiger partial charge in [0, 0.05) is 26.1 Å². The van der Waals surface area contributed by atoms with Gasteiger partial charge >= 0.3 is 0 Å². The maximum Gasteiger partial charge on any atom is 0.243 e. The lowest BCUT2D eigenvalue weighted by Gasteiger charge is -2.26. The summed E-state index contributed by atoms with van der Waals surface area (Å²) < 4.78 is 43.1. The van der Waals surface area contributed by atoms with E-state index < -0.39 is 15.9 Å². The average Bonchev–Trinajstić information content (AvgIpc) is 3.44. The van der Waals surface area contributed by atoms with Crippen molar-refractivity contribution in [1.29, 1.82) is 0 Å². The molecule has 2 aliphatic heterocycles. The molecule has 0 radical (unpaired) electrons. The summed E-state index contributed by atoms with van der Waals surface area (Å²) in [5, 5.41) is 2.74. The first kappa shape index (κ1) is 22.3. The Morgan fingerprint density at radius 2 is 2.03 bits per heavy atom. The molecule has 0 aliphatic carbocycles. The average molecular weight is 464 g/mol. The second kappa shape index (κ2) is 9.31. The molecule has 32 heavy (non-hydrogen) atoms. The van der Waals surface area contributed by atoms with E-state index in [9.17, 15) is 18.0 Å². The van der Waals surface area contributed by atoms with Crippen LogP contribution in [0.15, 0.2) is 45.9 Å². The molecule has 1 N–H and O–H groups in total. The van der Waals surface area contributed by atoms with E-state index in [-0.39, 0.29) is 48.5 Å². The van der Waals surface area contributed by atoms with Crippen molar-refractivity contribution in [1.82, 2.24) is 9.21 Å². The first-order valence-electron chi connectivity index (χ1n) is 10.3. The number of hydrogen-bond donors (Lipinski definition) is 1. The van der Waals surface area contributed by atoms with E-state index >= 15 is 0 Å². The molecule has 2 aliphatic rings. The molecule has 172 valence electrons. The highest BCUT2D eigenvalue weighted by atomic mass is 32.2. The van der Waals surface area contributed by atoms with E-state index in [0.29, 0.717) is 31.3 Å². The highest BCUT2D eigenvalue weighted by Crippen LogP contribution is 2.31. The number of morpholine rings is 1. The van der Waals surface area contributed by atoms with E-state index in [1.54, 1.807) is 17.0 Å². The molecule has 0 bridgehead atoms. The van der Waals surface area contributed by atoms with Gasteiger partial charge in [-0.2, -0.15) is 4.31 Å². The minimum Gasteiger partial charge on any atom is -0.495 e. The highest BCUT2D eigenvalue weighted by molar-refractivity contribution is 7.89. The zero-order chi connectivity index (χ0) is 22.7. The van der Waals surface area contributed by atoms with Crippen LogP contribution in [-0.2, 0) is 30.9 Å². The summed E-state index contributed by atoms with van der Waals surface area (Å²) in [6, 6.07) is 7.85. The van der Waals surface area contributed by atoms with Crippen molar-refractivity contribution in [2.24, 2.45) is 5.92 Å². The number of nitrogens with one attached hydrogen (secondary N) is 1. The molecule has 1 aromatic heterocycles. The van der Waals surface area contributed by atoms with Crippen LogP contribution < -0.4 is 10.1 Å². The van der Waals surface area contributed by atoms with Crippen LogP contribution in [0.3, 0.4) is 0 Å². The summed E-state index contributed by atoms with van der Waals surface area (Å²) in [5.74, 6) is -0.114. The van der Waals surface area contributed by atoms with Crippen molar-refractivity contribution in [3.05, 3.63) is 42.4 Å². The molecular weight excluding hydrogens is 438 g/mol. The van der Waals surface area contributed by atoms with Gasteiger partial charge in [0.2, 0.25) is 21.8 Å². The standard InChI is InChI=1S/C21H25N3O7S/c1-29-19-5-4-17(32(27,28)24-6-9-30-10-7-24)12-18(19)22-21(26)15-11-20(25)23(13-15)14-16-3-2-8-31-16/h2-5,8,12,15H,6-7,9-11,13-14H2,1H3,(H,22,26)/t15-/m0/s1. The Kier molecular flexibility index (Phi) is 6.49. The number of furan rings is 1. The fourth-order valence-electron chi connectivity index (χ4n) is 3.81. The number of likely N-dealkylation sites (tertiary alicyclic amines) is 1. The summed E-state index contributed by atoms with van der Waals surface area (Å²) in [6.45, 7) is 1.76. The smallest absolute Gasteiger partial charge is 0.243 e. The van der Waals surface area contributed by atoms with Gasteiger partial charge in [0.25, 0.3) is 0 Å². The zero-order valence-corrected chi connectivity index (χ0v) is 18.5. The summed E-state index contributed by atoms with van der Waals surface area (Å²) in [7, 11) is -2.30. The third-order valence-corrected chi connectivity index (χ3v) is 7.44. The fraction of sp³-hybridized carbons (Fsp3) is 0.429. The monoisotopic (exact) mass is 463 g/mol. The number of benzene rings is 1. The van der Waals surface area contributed by atoms with Gasteiger partial charge in [0.15, 0.2) is 0 Å². The molecule has 11 heteroatoms. The molecule has 2 amide bonds.